The maximum absolute atomic E-state index is 11.9. The second kappa shape index (κ2) is 6.03. The average molecular weight is 250 g/mol. The lowest BCUT2D eigenvalue weighted by atomic mass is 10.2. The summed E-state index contributed by atoms with van der Waals surface area (Å²) in [6.07, 6.45) is 9.35. The Hall–Kier alpha value is -1.32. The SMILES string of the molecule is CC(/C=C/N1CCCC1=O)N1CCCCCC1=O. The van der Waals surface area contributed by atoms with Gasteiger partial charge in [-0.3, -0.25) is 9.59 Å². The highest BCUT2D eigenvalue weighted by molar-refractivity contribution is 5.79. The van der Waals surface area contributed by atoms with Gasteiger partial charge < -0.3 is 9.80 Å². The van der Waals surface area contributed by atoms with E-state index in [0.717, 1.165) is 38.8 Å². The van der Waals surface area contributed by atoms with Gasteiger partial charge in [0.1, 0.15) is 0 Å². The molecule has 0 aromatic carbocycles. The standard InChI is InChI=1S/C14H22N2O2/c1-12(8-11-15-9-5-7-13(15)17)16-10-4-2-3-6-14(16)18/h8,11-12H,2-7,9-10H2,1H3/b11-8+. The lowest BCUT2D eigenvalue weighted by molar-refractivity contribution is -0.131. The van der Waals surface area contributed by atoms with Crippen LogP contribution >= 0.6 is 0 Å². The third-order valence-corrected chi connectivity index (χ3v) is 3.76. The predicted octanol–water partition coefficient (Wildman–Crippen LogP) is 1.91. The predicted molar refractivity (Wildman–Crippen MR) is 69.7 cm³/mol. The van der Waals surface area contributed by atoms with E-state index >= 15 is 0 Å². The number of carbonyl (C=O) groups excluding carboxylic acids is 2. The second-order valence-corrected chi connectivity index (χ2v) is 5.17. The van der Waals surface area contributed by atoms with Gasteiger partial charge in [-0.15, -0.1) is 0 Å². The van der Waals surface area contributed by atoms with Crippen molar-refractivity contribution in [2.45, 2.75) is 51.5 Å². The molecule has 0 aliphatic carbocycles. The Kier molecular flexibility index (Phi) is 4.39. The molecule has 2 fully saturated rings. The molecule has 2 amide bonds. The van der Waals surface area contributed by atoms with Crippen molar-refractivity contribution in [3.63, 3.8) is 0 Å². The monoisotopic (exact) mass is 250 g/mol. The van der Waals surface area contributed by atoms with Crippen molar-refractivity contribution < 1.29 is 9.59 Å². The van der Waals surface area contributed by atoms with Crippen LogP contribution in [0.5, 0.6) is 0 Å². The Morgan fingerprint density at radius 3 is 2.50 bits per heavy atom. The third kappa shape index (κ3) is 3.12. The van der Waals surface area contributed by atoms with Crippen LogP contribution in [0.15, 0.2) is 12.3 Å². The summed E-state index contributed by atoms with van der Waals surface area (Å²) in [4.78, 5) is 27.1. The maximum atomic E-state index is 11.9. The van der Waals surface area contributed by atoms with Gasteiger partial charge in [-0.1, -0.05) is 6.42 Å². The maximum Gasteiger partial charge on any atom is 0.226 e. The highest BCUT2D eigenvalue weighted by Crippen LogP contribution is 2.15. The molecule has 2 aliphatic rings. The summed E-state index contributed by atoms with van der Waals surface area (Å²) < 4.78 is 0. The fourth-order valence-electron chi connectivity index (χ4n) is 2.59. The molecule has 0 aromatic heterocycles. The van der Waals surface area contributed by atoms with Gasteiger partial charge in [-0.05, 0) is 32.3 Å². The molecular weight excluding hydrogens is 228 g/mol. The fraction of sp³-hybridized carbons (Fsp3) is 0.714. The van der Waals surface area contributed by atoms with E-state index in [1.807, 2.05) is 24.1 Å². The Morgan fingerprint density at radius 1 is 1.00 bits per heavy atom. The molecular formula is C14H22N2O2. The zero-order valence-corrected chi connectivity index (χ0v) is 11.1. The number of amides is 2. The minimum Gasteiger partial charge on any atom is -0.336 e. The highest BCUT2D eigenvalue weighted by atomic mass is 16.2. The summed E-state index contributed by atoms with van der Waals surface area (Å²) in [5, 5.41) is 0. The van der Waals surface area contributed by atoms with Crippen LogP contribution in [0.4, 0.5) is 0 Å². The molecule has 0 bridgehead atoms. The van der Waals surface area contributed by atoms with Crippen LogP contribution < -0.4 is 0 Å². The molecule has 2 heterocycles. The van der Waals surface area contributed by atoms with E-state index in [9.17, 15) is 9.59 Å². The summed E-state index contributed by atoms with van der Waals surface area (Å²) in [7, 11) is 0. The van der Waals surface area contributed by atoms with E-state index in [-0.39, 0.29) is 17.9 Å². The fourth-order valence-corrected chi connectivity index (χ4v) is 2.59. The van der Waals surface area contributed by atoms with Crippen molar-refractivity contribution >= 4 is 11.8 Å². The molecule has 0 aromatic rings. The summed E-state index contributed by atoms with van der Waals surface area (Å²) in [6, 6.07) is 0.0870. The molecule has 2 aliphatic heterocycles. The van der Waals surface area contributed by atoms with Crippen molar-refractivity contribution in [2.75, 3.05) is 13.1 Å². The van der Waals surface area contributed by atoms with Crippen LogP contribution in [0.3, 0.4) is 0 Å². The lowest BCUT2D eigenvalue weighted by Gasteiger charge is -2.26. The molecule has 4 nitrogen and oxygen atoms in total. The summed E-state index contributed by atoms with van der Waals surface area (Å²) in [5.41, 5.74) is 0. The highest BCUT2D eigenvalue weighted by Gasteiger charge is 2.21. The zero-order chi connectivity index (χ0) is 13.0. The van der Waals surface area contributed by atoms with Gasteiger partial charge in [-0.25, -0.2) is 0 Å². The molecule has 0 saturated carbocycles. The summed E-state index contributed by atoms with van der Waals surface area (Å²) in [5.74, 6) is 0.443. The molecule has 18 heavy (non-hydrogen) atoms. The van der Waals surface area contributed by atoms with Gasteiger partial charge in [0.05, 0.1) is 0 Å². The smallest absolute Gasteiger partial charge is 0.226 e. The van der Waals surface area contributed by atoms with Gasteiger partial charge in [-0.2, -0.15) is 0 Å². The molecule has 100 valence electrons. The van der Waals surface area contributed by atoms with Crippen LogP contribution in [-0.4, -0.2) is 40.7 Å². The lowest BCUT2D eigenvalue weighted by Crippen LogP contribution is -2.37. The zero-order valence-electron chi connectivity index (χ0n) is 11.1. The molecule has 4 heteroatoms. The van der Waals surface area contributed by atoms with Crippen molar-refractivity contribution in [1.29, 1.82) is 0 Å². The molecule has 2 rings (SSSR count). The molecule has 0 radical (unpaired) electrons. The van der Waals surface area contributed by atoms with E-state index in [1.165, 1.54) is 0 Å². The number of nitrogens with zero attached hydrogens (tertiary/aromatic N) is 2. The molecule has 1 unspecified atom stereocenters. The largest absolute Gasteiger partial charge is 0.336 e. The first kappa shape index (κ1) is 13.1. The third-order valence-electron chi connectivity index (χ3n) is 3.76. The minimum atomic E-state index is 0.0870. The van der Waals surface area contributed by atoms with Crippen molar-refractivity contribution in [1.82, 2.24) is 9.80 Å². The van der Waals surface area contributed by atoms with Crippen LogP contribution in [0.1, 0.15) is 45.4 Å². The molecule has 0 spiro atoms. The van der Waals surface area contributed by atoms with Crippen molar-refractivity contribution in [3.05, 3.63) is 12.3 Å². The minimum absolute atomic E-state index is 0.0870. The van der Waals surface area contributed by atoms with Crippen LogP contribution in [0.25, 0.3) is 0 Å². The Bertz CT molecular complexity index is 352. The second-order valence-electron chi connectivity index (χ2n) is 5.17. The molecule has 2 saturated heterocycles. The number of hydrogen-bond donors (Lipinski definition) is 0. The van der Waals surface area contributed by atoms with Gasteiger partial charge in [0.25, 0.3) is 0 Å². The number of carbonyl (C=O) groups is 2. The van der Waals surface area contributed by atoms with Gasteiger partial charge >= 0.3 is 0 Å². The number of hydrogen-bond acceptors (Lipinski definition) is 2. The van der Waals surface area contributed by atoms with E-state index < -0.39 is 0 Å². The molecule has 1 atom stereocenters. The van der Waals surface area contributed by atoms with Crippen LogP contribution in [0.2, 0.25) is 0 Å². The first-order valence-electron chi connectivity index (χ1n) is 6.96. The Labute approximate surface area is 109 Å². The van der Waals surface area contributed by atoms with Gasteiger partial charge in [0.2, 0.25) is 11.8 Å². The van der Waals surface area contributed by atoms with E-state index in [2.05, 4.69) is 0 Å². The Balaban J connectivity index is 1.93. The van der Waals surface area contributed by atoms with Gasteiger partial charge in [0.15, 0.2) is 0 Å². The number of rotatable bonds is 3. The topological polar surface area (TPSA) is 40.6 Å². The van der Waals surface area contributed by atoms with E-state index in [1.54, 1.807) is 4.90 Å². The molecule has 0 N–H and O–H groups in total. The van der Waals surface area contributed by atoms with Gasteiger partial charge in [0, 0.05) is 38.2 Å². The average Bonchev–Trinajstić information content (AvgIpc) is 2.63. The quantitative estimate of drug-likeness (QED) is 0.767. The van der Waals surface area contributed by atoms with Crippen molar-refractivity contribution in [2.24, 2.45) is 0 Å². The van der Waals surface area contributed by atoms with E-state index in [4.69, 9.17) is 0 Å². The van der Waals surface area contributed by atoms with Crippen LogP contribution in [-0.2, 0) is 9.59 Å². The normalized spacial score (nSPS) is 23.8. The van der Waals surface area contributed by atoms with E-state index in [0.29, 0.717) is 12.8 Å². The number of likely N-dealkylation sites (tertiary alicyclic amines) is 2. The summed E-state index contributed by atoms with van der Waals surface area (Å²) >= 11 is 0. The first-order chi connectivity index (χ1) is 8.68. The van der Waals surface area contributed by atoms with Crippen molar-refractivity contribution in [3.8, 4) is 0 Å². The first-order valence-corrected chi connectivity index (χ1v) is 6.96. The summed E-state index contributed by atoms with van der Waals surface area (Å²) in [6.45, 7) is 3.69. The Morgan fingerprint density at radius 2 is 1.78 bits per heavy atom. The van der Waals surface area contributed by atoms with Crippen LogP contribution in [0, 0.1) is 0 Å².